The summed E-state index contributed by atoms with van der Waals surface area (Å²) in [5.74, 6) is -2.25. The van der Waals surface area contributed by atoms with Crippen molar-refractivity contribution in [2.24, 2.45) is 0 Å². The fourth-order valence-electron chi connectivity index (χ4n) is 0.986. The summed E-state index contributed by atoms with van der Waals surface area (Å²) in [6, 6.07) is 3.28. The zero-order chi connectivity index (χ0) is 12.1. The quantitative estimate of drug-likeness (QED) is 0.357. The van der Waals surface area contributed by atoms with Crippen molar-refractivity contribution in [3.8, 4) is 0 Å². The Kier molecular flexibility index (Phi) is 3.77. The second kappa shape index (κ2) is 5.06. The van der Waals surface area contributed by atoms with Crippen molar-refractivity contribution in [2.45, 2.75) is 6.92 Å². The maximum Gasteiger partial charge on any atom is 0.378 e. The lowest BCUT2D eigenvalue weighted by molar-refractivity contribution is -0.149. The van der Waals surface area contributed by atoms with E-state index >= 15 is 0 Å². The number of rotatable bonds is 3. The number of carbonyl (C=O) groups is 2. The van der Waals surface area contributed by atoms with Crippen LogP contribution >= 0.6 is 0 Å². The summed E-state index contributed by atoms with van der Waals surface area (Å²) in [6.45, 7) is 1.80. The average Bonchev–Trinajstić information content (AvgIpc) is 2.28. The minimum absolute atomic E-state index is 0.317. The predicted octanol–water partition coefficient (Wildman–Crippen LogP) is 1.03. The third-order valence-corrected chi connectivity index (χ3v) is 1.86. The smallest absolute Gasteiger partial charge is 0.378 e. The van der Waals surface area contributed by atoms with Crippen LogP contribution < -0.4 is 0 Å². The van der Waals surface area contributed by atoms with Crippen LogP contribution in [0.15, 0.2) is 24.4 Å². The first-order valence-electron chi connectivity index (χ1n) is 4.50. The van der Waals surface area contributed by atoms with Gasteiger partial charge >= 0.3 is 5.97 Å². The van der Waals surface area contributed by atoms with Gasteiger partial charge in [0.25, 0.3) is 5.78 Å². The highest BCUT2D eigenvalue weighted by Crippen LogP contribution is 2.10. The van der Waals surface area contributed by atoms with E-state index < -0.39 is 11.8 Å². The molecule has 5 heteroatoms. The van der Waals surface area contributed by atoms with E-state index in [2.05, 4.69) is 9.72 Å². The molecule has 1 N–H and O–H groups in total. The highest BCUT2D eigenvalue weighted by molar-refractivity contribution is 6.39. The molecule has 1 heterocycles. The number of nitrogens with zero attached hydrogens (tertiary/aromatic N) is 1. The second-order valence-corrected chi connectivity index (χ2v) is 3.07. The largest absolute Gasteiger partial charge is 0.507 e. The van der Waals surface area contributed by atoms with E-state index in [4.69, 9.17) is 0 Å². The highest BCUT2D eigenvalue weighted by atomic mass is 16.5. The Morgan fingerprint density at radius 1 is 1.44 bits per heavy atom. The van der Waals surface area contributed by atoms with Crippen molar-refractivity contribution in [1.82, 2.24) is 4.98 Å². The van der Waals surface area contributed by atoms with Crippen LogP contribution in [0.1, 0.15) is 11.3 Å². The molecule has 0 aliphatic carbocycles. The van der Waals surface area contributed by atoms with Gasteiger partial charge in [0.15, 0.2) is 0 Å². The maximum atomic E-state index is 11.1. The lowest BCUT2D eigenvalue weighted by atomic mass is 10.2. The summed E-state index contributed by atoms with van der Waals surface area (Å²) in [5, 5.41) is 9.52. The first-order chi connectivity index (χ1) is 7.54. The van der Waals surface area contributed by atoms with Crippen LogP contribution in [0.5, 0.6) is 0 Å². The molecule has 0 bridgehead atoms. The minimum Gasteiger partial charge on any atom is -0.507 e. The second-order valence-electron chi connectivity index (χ2n) is 3.07. The predicted molar refractivity (Wildman–Crippen MR) is 56.6 cm³/mol. The van der Waals surface area contributed by atoms with Crippen LogP contribution in [0.3, 0.4) is 0 Å². The molecule has 0 saturated carbocycles. The monoisotopic (exact) mass is 221 g/mol. The molecule has 0 fully saturated rings. The number of hydrogen-bond acceptors (Lipinski definition) is 5. The number of esters is 1. The Morgan fingerprint density at radius 3 is 2.62 bits per heavy atom. The Hall–Kier alpha value is -2.17. The lowest BCUT2D eigenvalue weighted by Crippen LogP contribution is -2.13. The average molecular weight is 221 g/mol. The van der Waals surface area contributed by atoms with Gasteiger partial charge in [-0.1, -0.05) is 0 Å². The van der Waals surface area contributed by atoms with Crippen molar-refractivity contribution in [3.05, 3.63) is 35.7 Å². The van der Waals surface area contributed by atoms with Crippen LogP contribution in [0.4, 0.5) is 0 Å². The fraction of sp³-hybridized carbons (Fsp3) is 0.182. The molecule has 84 valence electrons. The van der Waals surface area contributed by atoms with Gasteiger partial charge < -0.3 is 9.84 Å². The number of carbonyl (C=O) groups excluding carboxylic acids is 2. The van der Waals surface area contributed by atoms with E-state index in [1.165, 1.54) is 6.20 Å². The molecule has 0 aromatic carbocycles. The molecule has 1 aromatic heterocycles. The first-order valence-corrected chi connectivity index (χ1v) is 4.50. The Labute approximate surface area is 92.4 Å². The van der Waals surface area contributed by atoms with E-state index in [1.807, 2.05) is 0 Å². The van der Waals surface area contributed by atoms with Crippen LogP contribution in [-0.2, 0) is 14.3 Å². The zero-order valence-electron chi connectivity index (χ0n) is 8.93. The normalized spacial score (nSPS) is 11.0. The van der Waals surface area contributed by atoms with Gasteiger partial charge in [0, 0.05) is 23.5 Å². The first kappa shape index (κ1) is 11.9. The summed E-state index contributed by atoms with van der Waals surface area (Å²) in [4.78, 5) is 25.8. The molecule has 0 atom stereocenters. The van der Waals surface area contributed by atoms with Crippen LogP contribution in [-0.4, -0.2) is 29.0 Å². The van der Waals surface area contributed by atoms with Gasteiger partial charge in [-0.2, -0.15) is 0 Å². The van der Waals surface area contributed by atoms with Crippen molar-refractivity contribution in [3.63, 3.8) is 0 Å². The van der Waals surface area contributed by atoms with Crippen LogP contribution in [0, 0.1) is 6.92 Å². The van der Waals surface area contributed by atoms with Crippen LogP contribution in [0.2, 0.25) is 0 Å². The van der Waals surface area contributed by atoms with Gasteiger partial charge in [-0.25, -0.2) is 4.79 Å². The van der Waals surface area contributed by atoms with Crippen LogP contribution in [0.25, 0.3) is 5.76 Å². The van der Waals surface area contributed by atoms with E-state index in [0.29, 0.717) is 5.56 Å². The molecule has 0 radical (unpaired) electrons. The van der Waals surface area contributed by atoms with Gasteiger partial charge in [-0.15, -0.1) is 0 Å². The molecule has 1 aromatic rings. The highest BCUT2D eigenvalue weighted by Gasteiger charge is 2.12. The zero-order valence-corrected chi connectivity index (χ0v) is 8.93. The van der Waals surface area contributed by atoms with Crippen molar-refractivity contribution >= 4 is 17.5 Å². The Morgan fingerprint density at radius 2 is 2.12 bits per heavy atom. The van der Waals surface area contributed by atoms with Gasteiger partial charge in [-0.05, 0) is 19.1 Å². The summed E-state index contributed by atoms with van der Waals surface area (Å²) in [5.41, 5.74) is 1.15. The molecule has 16 heavy (non-hydrogen) atoms. The van der Waals surface area contributed by atoms with Gasteiger partial charge in [0.2, 0.25) is 0 Å². The topological polar surface area (TPSA) is 76.5 Å². The number of aliphatic hydroxyl groups excluding tert-OH is 1. The standard InChI is InChI=1S/C11H11NO4/c1-7-3-4-8(6-12-7)9(13)5-10(14)11(15)16-2/h3-6,13H,1-2H3/b9-5+. The van der Waals surface area contributed by atoms with E-state index in [9.17, 15) is 14.7 Å². The number of aliphatic hydroxyl groups is 1. The van der Waals surface area contributed by atoms with Crippen molar-refractivity contribution in [1.29, 1.82) is 0 Å². The number of hydrogen-bond donors (Lipinski definition) is 1. The van der Waals surface area contributed by atoms with Gasteiger partial charge in [-0.3, -0.25) is 9.78 Å². The SMILES string of the molecule is COC(=O)C(=O)/C=C(/O)c1ccc(C)nc1. The van der Waals surface area contributed by atoms with Crippen molar-refractivity contribution < 1.29 is 19.4 Å². The molecule has 0 saturated heterocycles. The molecule has 0 amide bonds. The molecule has 0 unspecified atom stereocenters. The summed E-state index contributed by atoms with van der Waals surface area (Å²) >= 11 is 0. The van der Waals surface area contributed by atoms with E-state index in [1.54, 1.807) is 19.1 Å². The molecular formula is C11H11NO4. The summed E-state index contributed by atoms with van der Waals surface area (Å²) in [6.07, 6.45) is 2.21. The molecular weight excluding hydrogens is 210 g/mol. The number of ether oxygens (including phenoxy) is 1. The summed E-state index contributed by atoms with van der Waals surface area (Å²) < 4.78 is 4.21. The molecule has 0 aliphatic heterocycles. The summed E-state index contributed by atoms with van der Waals surface area (Å²) in [7, 11) is 1.10. The Bertz CT molecular complexity index is 434. The number of aromatic nitrogens is 1. The molecule has 0 aliphatic rings. The van der Waals surface area contributed by atoms with Crippen molar-refractivity contribution in [2.75, 3.05) is 7.11 Å². The molecule has 0 spiro atoms. The number of aryl methyl sites for hydroxylation is 1. The van der Waals surface area contributed by atoms with Gasteiger partial charge in [0.1, 0.15) is 5.76 Å². The van der Waals surface area contributed by atoms with E-state index in [0.717, 1.165) is 18.9 Å². The maximum absolute atomic E-state index is 11.1. The number of ketones is 1. The molecule has 5 nitrogen and oxygen atoms in total. The van der Waals surface area contributed by atoms with Gasteiger partial charge in [0.05, 0.1) is 7.11 Å². The third kappa shape index (κ3) is 2.91. The number of methoxy groups -OCH3 is 1. The fourth-order valence-corrected chi connectivity index (χ4v) is 0.986. The lowest BCUT2D eigenvalue weighted by Gasteiger charge is -1.99. The minimum atomic E-state index is -1.02. The number of pyridine rings is 1. The third-order valence-electron chi connectivity index (χ3n) is 1.86. The molecule has 1 rings (SSSR count). The Balaban J connectivity index is 2.89. The van der Waals surface area contributed by atoms with E-state index in [-0.39, 0.29) is 5.76 Å².